The van der Waals surface area contributed by atoms with Crippen molar-refractivity contribution in [3.8, 4) is 5.75 Å². The van der Waals surface area contributed by atoms with E-state index >= 15 is 0 Å². The molecule has 0 bridgehead atoms. The highest BCUT2D eigenvalue weighted by Gasteiger charge is 2.07. The summed E-state index contributed by atoms with van der Waals surface area (Å²) in [4.78, 5) is 12.2. The fraction of sp³-hybridized carbons (Fsp3) is 0.333. The predicted molar refractivity (Wildman–Crippen MR) is 107 cm³/mol. The van der Waals surface area contributed by atoms with Gasteiger partial charge in [0.25, 0.3) is 5.91 Å². The van der Waals surface area contributed by atoms with Crippen molar-refractivity contribution in [3.63, 3.8) is 0 Å². The van der Waals surface area contributed by atoms with E-state index in [2.05, 4.69) is 24.4 Å². The fourth-order valence-electron chi connectivity index (χ4n) is 2.24. The van der Waals surface area contributed by atoms with Crippen molar-refractivity contribution in [2.45, 2.75) is 40.7 Å². The number of carbonyl (C=O) groups is 1. The molecule has 1 atom stereocenters. The Morgan fingerprint density at radius 2 is 1.92 bits per heavy atom. The van der Waals surface area contributed by atoms with Gasteiger partial charge in [-0.25, -0.2) is 5.43 Å². The number of hydrogen-bond donors (Lipinski definition) is 1. The summed E-state index contributed by atoms with van der Waals surface area (Å²) in [5, 5.41) is 4.89. The Morgan fingerprint density at radius 3 is 2.54 bits per heavy atom. The Labute approximate surface area is 160 Å². The first-order valence-corrected chi connectivity index (χ1v) is 9.11. The van der Waals surface area contributed by atoms with Crippen molar-refractivity contribution in [1.82, 2.24) is 5.43 Å². The van der Waals surface area contributed by atoms with Crippen molar-refractivity contribution in [3.05, 3.63) is 64.2 Å². The Hall–Kier alpha value is -2.33. The summed E-state index contributed by atoms with van der Waals surface area (Å²) in [5.74, 6) is 0.906. The first kappa shape index (κ1) is 20.0. The van der Waals surface area contributed by atoms with E-state index in [4.69, 9.17) is 16.3 Å². The summed E-state index contributed by atoms with van der Waals surface area (Å²) in [6.45, 7) is 8.47. The highest BCUT2D eigenvalue weighted by atomic mass is 35.5. The van der Waals surface area contributed by atoms with Crippen LogP contribution in [0.1, 0.15) is 48.7 Å². The summed E-state index contributed by atoms with van der Waals surface area (Å²) in [6.07, 6.45) is 0.993. The molecule has 0 aliphatic carbocycles. The van der Waals surface area contributed by atoms with Crippen LogP contribution in [0.25, 0.3) is 0 Å². The van der Waals surface area contributed by atoms with Gasteiger partial charge in [-0.05, 0) is 67.6 Å². The van der Waals surface area contributed by atoms with Gasteiger partial charge in [-0.1, -0.05) is 37.6 Å². The summed E-state index contributed by atoms with van der Waals surface area (Å²) < 4.78 is 5.76. The van der Waals surface area contributed by atoms with E-state index in [1.165, 1.54) is 0 Å². The average Bonchev–Trinajstić information content (AvgIpc) is 2.66. The molecule has 0 fully saturated rings. The van der Waals surface area contributed by atoms with Crippen LogP contribution in [-0.2, 0) is 6.61 Å². The second-order valence-electron chi connectivity index (χ2n) is 6.40. The lowest BCUT2D eigenvalue weighted by Gasteiger charge is -2.09. The van der Waals surface area contributed by atoms with Gasteiger partial charge in [0.1, 0.15) is 12.4 Å². The minimum atomic E-state index is -0.214. The second-order valence-corrected chi connectivity index (χ2v) is 6.81. The lowest BCUT2D eigenvalue weighted by atomic mass is 10.1. The first-order valence-electron chi connectivity index (χ1n) is 8.73. The molecule has 26 heavy (non-hydrogen) atoms. The number of hydrogen-bond acceptors (Lipinski definition) is 3. The van der Waals surface area contributed by atoms with Crippen molar-refractivity contribution in [2.75, 3.05) is 0 Å². The van der Waals surface area contributed by atoms with Gasteiger partial charge >= 0.3 is 0 Å². The number of benzene rings is 2. The minimum Gasteiger partial charge on any atom is -0.489 e. The van der Waals surface area contributed by atoms with E-state index in [9.17, 15) is 4.79 Å². The number of halogens is 1. The van der Waals surface area contributed by atoms with Crippen LogP contribution in [0, 0.1) is 12.8 Å². The standard InChI is InChI=1S/C21H25ClN2O2/c1-5-14(2)16(4)23-24-21(25)18-8-6-17(7-9-18)13-26-19-10-11-20(22)15(3)12-19/h6-12,14H,5,13H2,1-4H3,(H,24,25)/b23-16-/t14-/m1/s1. The first-order chi connectivity index (χ1) is 12.4. The molecule has 1 amide bonds. The summed E-state index contributed by atoms with van der Waals surface area (Å²) in [6, 6.07) is 12.9. The van der Waals surface area contributed by atoms with E-state index in [0.717, 1.165) is 34.0 Å². The number of amides is 1. The number of ether oxygens (including phenoxy) is 1. The molecule has 0 saturated carbocycles. The Morgan fingerprint density at radius 1 is 1.23 bits per heavy atom. The lowest BCUT2D eigenvalue weighted by molar-refractivity contribution is 0.0954. The molecule has 2 aromatic rings. The minimum absolute atomic E-state index is 0.214. The number of nitrogens with one attached hydrogen (secondary N) is 1. The number of nitrogens with zero attached hydrogens (tertiary/aromatic N) is 1. The van der Waals surface area contributed by atoms with Crippen molar-refractivity contribution >= 4 is 23.2 Å². The van der Waals surface area contributed by atoms with E-state index in [0.29, 0.717) is 18.1 Å². The third kappa shape index (κ3) is 5.60. The lowest BCUT2D eigenvalue weighted by Crippen LogP contribution is -2.21. The molecule has 0 saturated heterocycles. The number of rotatable bonds is 7. The summed E-state index contributed by atoms with van der Waals surface area (Å²) >= 11 is 6.01. The van der Waals surface area contributed by atoms with E-state index in [-0.39, 0.29) is 5.91 Å². The highest BCUT2D eigenvalue weighted by Crippen LogP contribution is 2.21. The Kier molecular flexibility index (Phi) is 7.22. The van der Waals surface area contributed by atoms with Crippen LogP contribution in [-0.4, -0.2) is 11.6 Å². The smallest absolute Gasteiger partial charge is 0.271 e. The van der Waals surface area contributed by atoms with E-state index < -0.39 is 0 Å². The van der Waals surface area contributed by atoms with Crippen LogP contribution in [0.3, 0.4) is 0 Å². The van der Waals surface area contributed by atoms with Gasteiger partial charge in [-0.3, -0.25) is 4.79 Å². The average molecular weight is 373 g/mol. The maximum Gasteiger partial charge on any atom is 0.271 e. The van der Waals surface area contributed by atoms with Crippen molar-refractivity contribution in [2.24, 2.45) is 11.0 Å². The van der Waals surface area contributed by atoms with Crippen LogP contribution in [0.5, 0.6) is 5.75 Å². The topological polar surface area (TPSA) is 50.7 Å². The normalized spacial score (nSPS) is 12.6. The fourth-order valence-corrected chi connectivity index (χ4v) is 2.35. The van der Waals surface area contributed by atoms with Crippen LogP contribution < -0.4 is 10.2 Å². The molecule has 4 nitrogen and oxygen atoms in total. The molecule has 2 rings (SSSR count). The number of hydrazone groups is 1. The monoisotopic (exact) mass is 372 g/mol. The quantitative estimate of drug-likeness (QED) is 0.524. The Bertz CT molecular complexity index is 785. The molecule has 0 spiro atoms. The third-order valence-electron chi connectivity index (χ3n) is 4.41. The molecule has 0 radical (unpaired) electrons. The molecule has 2 aromatic carbocycles. The van der Waals surface area contributed by atoms with Gasteiger partial charge in [-0.2, -0.15) is 5.10 Å². The molecule has 0 aliphatic rings. The molecule has 1 N–H and O–H groups in total. The maximum atomic E-state index is 12.2. The third-order valence-corrected chi connectivity index (χ3v) is 4.83. The predicted octanol–water partition coefficient (Wildman–Crippen LogP) is 5.38. The molecule has 0 aliphatic heterocycles. The van der Waals surface area contributed by atoms with Gasteiger partial charge in [0.2, 0.25) is 0 Å². The highest BCUT2D eigenvalue weighted by molar-refractivity contribution is 6.31. The Balaban J connectivity index is 1.93. The summed E-state index contributed by atoms with van der Waals surface area (Å²) in [5.41, 5.74) is 6.05. The summed E-state index contributed by atoms with van der Waals surface area (Å²) in [7, 11) is 0. The zero-order valence-corrected chi connectivity index (χ0v) is 16.4. The molecule has 5 heteroatoms. The van der Waals surface area contributed by atoms with Crippen molar-refractivity contribution in [1.29, 1.82) is 0 Å². The van der Waals surface area contributed by atoms with E-state index in [1.54, 1.807) is 12.1 Å². The SMILES string of the molecule is CC[C@@H](C)/C(C)=N\NC(=O)c1ccc(COc2ccc(Cl)c(C)c2)cc1. The molecular weight excluding hydrogens is 348 g/mol. The van der Waals surface area contributed by atoms with Gasteiger partial charge in [0.15, 0.2) is 0 Å². The van der Waals surface area contributed by atoms with Gasteiger partial charge in [0.05, 0.1) is 0 Å². The molecule has 0 aromatic heterocycles. The van der Waals surface area contributed by atoms with Crippen LogP contribution in [0.4, 0.5) is 0 Å². The molecule has 0 heterocycles. The zero-order valence-electron chi connectivity index (χ0n) is 15.7. The number of aryl methyl sites for hydroxylation is 1. The second kappa shape index (κ2) is 9.39. The molecule has 0 unspecified atom stereocenters. The van der Waals surface area contributed by atoms with Gasteiger partial charge < -0.3 is 4.74 Å². The number of carbonyl (C=O) groups excluding carboxylic acids is 1. The molecule has 138 valence electrons. The largest absolute Gasteiger partial charge is 0.489 e. The maximum absolute atomic E-state index is 12.2. The van der Waals surface area contributed by atoms with Gasteiger partial charge in [0, 0.05) is 16.3 Å². The van der Waals surface area contributed by atoms with Crippen molar-refractivity contribution < 1.29 is 9.53 Å². The van der Waals surface area contributed by atoms with Gasteiger partial charge in [-0.15, -0.1) is 0 Å². The van der Waals surface area contributed by atoms with Crippen LogP contribution in [0.2, 0.25) is 5.02 Å². The zero-order chi connectivity index (χ0) is 19.1. The van der Waals surface area contributed by atoms with Crippen LogP contribution >= 0.6 is 11.6 Å². The van der Waals surface area contributed by atoms with Crippen LogP contribution in [0.15, 0.2) is 47.6 Å². The van der Waals surface area contributed by atoms with E-state index in [1.807, 2.05) is 44.2 Å². The molecular formula is C21H25ClN2O2.